The summed E-state index contributed by atoms with van der Waals surface area (Å²) in [4.78, 5) is 12.6. The third kappa shape index (κ3) is 2.86. The van der Waals surface area contributed by atoms with E-state index in [1.807, 2.05) is 0 Å². The largest absolute Gasteiger partial charge is 0.486 e. The topological polar surface area (TPSA) is 68.8 Å². The van der Waals surface area contributed by atoms with Gasteiger partial charge in [-0.15, -0.1) is 0 Å². The van der Waals surface area contributed by atoms with Crippen molar-refractivity contribution in [3.8, 4) is 11.5 Å². The van der Waals surface area contributed by atoms with E-state index in [9.17, 15) is 4.79 Å². The summed E-state index contributed by atoms with van der Waals surface area (Å²) < 4.78 is 16.5. The number of carbonyl (C=O) groups excluding carboxylic acids is 1. The lowest BCUT2D eigenvalue weighted by Crippen LogP contribution is -2.51. The van der Waals surface area contributed by atoms with Gasteiger partial charge < -0.3 is 24.8 Å². The van der Waals surface area contributed by atoms with Crippen molar-refractivity contribution in [2.24, 2.45) is 0 Å². The Morgan fingerprint density at radius 2 is 1.91 bits per heavy atom. The summed E-state index contributed by atoms with van der Waals surface area (Å²) >= 11 is 6.23. The highest BCUT2D eigenvalue weighted by molar-refractivity contribution is 6.34. The van der Waals surface area contributed by atoms with Gasteiger partial charge in [0.05, 0.1) is 10.7 Å². The molecule has 0 atom stereocenters. The molecule has 1 amide bonds. The number of amides is 1. The molecule has 0 aliphatic carbocycles. The maximum atomic E-state index is 12.6. The number of methoxy groups -OCH3 is 1. The lowest BCUT2D eigenvalue weighted by Gasteiger charge is -2.34. The molecule has 7 heteroatoms. The lowest BCUT2D eigenvalue weighted by molar-refractivity contribution is -0.140. The second-order valence-electron chi connectivity index (χ2n) is 5.38. The molecule has 1 aromatic carbocycles. The van der Waals surface area contributed by atoms with E-state index in [2.05, 4.69) is 10.6 Å². The van der Waals surface area contributed by atoms with Crippen molar-refractivity contribution in [1.82, 2.24) is 5.32 Å². The Morgan fingerprint density at radius 1 is 1.27 bits per heavy atom. The van der Waals surface area contributed by atoms with Crippen LogP contribution >= 0.6 is 11.6 Å². The molecule has 2 aliphatic rings. The summed E-state index contributed by atoms with van der Waals surface area (Å²) in [7, 11) is 1.57. The highest BCUT2D eigenvalue weighted by Crippen LogP contribution is 2.38. The fourth-order valence-electron chi connectivity index (χ4n) is 2.75. The Bertz CT molecular complexity index is 573. The molecule has 0 saturated carbocycles. The fraction of sp³-hybridized carbons (Fsp3) is 0.533. The maximum Gasteiger partial charge on any atom is 0.256 e. The van der Waals surface area contributed by atoms with Gasteiger partial charge in [0.1, 0.15) is 18.8 Å². The zero-order valence-corrected chi connectivity index (χ0v) is 13.2. The summed E-state index contributed by atoms with van der Waals surface area (Å²) in [6.45, 7) is 2.47. The van der Waals surface area contributed by atoms with E-state index in [0.29, 0.717) is 48.3 Å². The van der Waals surface area contributed by atoms with Crippen LogP contribution < -0.4 is 20.1 Å². The molecule has 0 spiro atoms. The number of nitrogens with one attached hydrogen (secondary N) is 2. The molecule has 2 N–H and O–H groups in total. The molecule has 1 aromatic rings. The number of hydrogen-bond acceptors (Lipinski definition) is 5. The minimum atomic E-state index is -0.818. The third-order valence-electron chi connectivity index (χ3n) is 4.10. The van der Waals surface area contributed by atoms with Gasteiger partial charge in [-0.2, -0.15) is 0 Å². The van der Waals surface area contributed by atoms with E-state index in [1.165, 1.54) is 0 Å². The third-order valence-corrected chi connectivity index (χ3v) is 4.41. The van der Waals surface area contributed by atoms with E-state index >= 15 is 0 Å². The molecule has 1 fully saturated rings. The number of ether oxygens (including phenoxy) is 3. The predicted octanol–water partition coefficient (Wildman–Crippen LogP) is 1.82. The van der Waals surface area contributed by atoms with E-state index in [1.54, 1.807) is 19.2 Å². The first-order chi connectivity index (χ1) is 10.6. The molecule has 2 aliphatic heterocycles. The number of hydrogen-bond donors (Lipinski definition) is 2. The van der Waals surface area contributed by atoms with E-state index in [0.717, 1.165) is 13.1 Å². The second-order valence-corrected chi connectivity index (χ2v) is 5.79. The van der Waals surface area contributed by atoms with Crippen LogP contribution in [0, 0.1) is 0 Å². The van der Waals surface area contributed by atoms with Crippen LogP contribution in [0.15, 0.2) is 12.1 Å². The number of rotatable bonds is 3. The van der Waals surface area contributed by atoms with Crippen molar-refractivity contribution < 1.29 is 19.0 Å². The SMILES string of the molecule is COC1(C(=O)Nc2cc3c(cc2Cl)OCCO3)CCNCC1. The first-order valence-electron chi connectivity index (χ1n) is 7.31. The normalized spacial score (nSPS) is 19.5. The van der Waals surface area contributed by atoms with Crippen LogP contribution in [-0.4, -0.2) is 44.9 Å². The van der Waals surface area contributed by atoms with Crippen LogP contribution in [0.1, 0.15) is 12.8 Å². The average molecular weight is 327 g/mol. The Labute approximate surface area is 134 Å². The number of anilines is 1. The molecule has 0 radical (unpaired) electrons. The molecular weight excluding hydrogens is 308 g/mol. The Balaban J connectivity index is 1.81. The number of halogens is 1. The summed E-state index contributed by atoms with van der Waals surface area (Å²) in [5.74, 6) is 0.996. The molecule has 1 saturated heterocycles. The van der Waals surface area contributed by atoms with Crippen molar-refractivity contribution in [1.29, 1.82) is 0 Å². The molecule has 22 heavy (non-hydrogen) atoms. The molecule has 0 unspecified atom stereocenters. The molecule has 2 heterocycles. The molecule has 6 nitrogen and oxygen atoms in total. The summed E-state index contributed by atoms with van der Waals surface area (Å²) in [5.41, 5.74) is -0.312. The first-order valence-corrected chi connectivity index (χ1v) is 7.69. The molecule has 0 bridgehead atoms. The summed E-state index contributed by atoms with van der Waals surface area (Å²) in [5, 5.41) is 6.50. The van der Waals surface area contributed by atoms with Crippen LogP contribution in [0.5, 0.6) is 11.5 Å². The maximum absolute atomic E-state index is 12.6. The number of piperidine rings is 1. The zero-order chi connectivity index (χ0) is 15.6. The molecule has 3 rings (SSSR count). The average Bonchev–Trinajstić information content (AvgIpc) is 2.56. The Hall–Kier alpha value is -1.50. The van der Waals surface area contributed by atoms with E-state index < -0.39 is 5.60 Å². The van der Waals surface area contributed by atoms with E-state index in [4.69, 9.17) is 25.8 Å². The zero-order valence-electron chi connectivity index (χ0n) is 12.4. The standard InChI is InChI=1S/C15H19ClN2O4/c1-20-15(2-4-17-5-3-15)14(19)18-11-9-13-12(8-10(11)16)21-6-7-22-13/h8-9,17H,2-7H2,1H3,(H,18,19). The Morgan fingerprint density at radius 3 is 2.55 bits per heavy atom. The summed E-state index contributed by atoms with van der Waals surface area (Å²) in [6, 6.07) is 3.35. The van der Waals surface area contributed by atoms with Gasteiger partial charge in [0.2, 0.25) is 0 Å². The van der Waals surface area contributed by atoms with Gasteiger partial charge in [0.15, 0.2) is 11.5 Å². The first kappa shape index (κ1) is 15.4. The van der Waals surface area contributed by atoms with Gasteiger partial charge in [0.25, 0.3) is 5.91 Å². The Kier molecular flexibility index (Phi) is 4.42. The van der Waals surface area contributed by atoms with Crippen LogP contribution in [0.4, 0.5) is 5.69 Å². The number of benzene rings is 1. The molecular formula is C15H19ClN2O4. The van der Waals surface area contributed by atoms with Gasteiger partial charge in [-0.3, -0.25) is 4.79 Å². The van der Waals surface area contributed by atoms with Crippen LogP contribution in [0.3, 0.4) is 0 Å². The minimum absolute atomic E-state index is 0.185. The van der Waals surface area contributed by atoms with Crippen molar-refractivity contribution in [2.45, 2.75) is 18.4 Å². The van der Waals surface area contributed by atoms with Crippen molar-refractivity contribution in [3.63, 3.8) is 0 Å². The lowest BCUT2D eigenvalue weighted by atomic mass is 9.91. The highest BCUT2D eigenvalue weighted by Gasteiger charge is 2.40. The summed E-state index contributed by atoms with van der Waals surface area (Å²) in [6.07, 6.45) is 1.25. The van der Waals surface area contributed by atoms with Crippen molar-refractivity contribution >= 4 is 23.2 Å². The number of fused-ring (bicyclic) bond motifs is 1. The smallest absolute Gasteiger partial charge is 0.256 e. The monoisotopic (exact) mass is 326 g/mol. The molecule has 0 aromatic heterocycles. The van der Waals surface area contributed by atoms with Crippen molar-refractivity contribution in [3.05, 3.63) is 17.2 Å². The molecule has 120 valence electrons. The van der Waals surface area contributed by atoms with Gasteiger partial charge in [-0.05, 0) is 25.9 Å². The van der Waals surface area contributed by atoms with Gasteiger partial charge in [-0.1, -0.05) is 11.6 Å². The van der Waals surface area contributed by atoms with Crippen LogP contribution in [-0.2, 0) is 9.53 Å². The van der Waals surface area contributed by atoms with Crippen LogP contribution in [0.2, 0.25) is 5.02 Å². The number of carbonyl (C=O) groups is 1. The van der Waals surface area contributed by atoms with Gasteiger partial charge in [0, 0.05) is 19.2 Å². The van der Waals surface area contributed by atoms with Gasteiger partial charge >= 0.3 is 0 Å². The highest BCUT2D eigenvalue weighted by atomic mass is 35.5. The van der Waals surface area contributed by atoms with Crippen molar-refractivity contribution in [2.75, 3.05) is 38.7 Å². The fourth-order valence-corrected chi connectivity index (χ4v) is 2.95. The predicted molar refractivity (Wildman–Crippen MR) is 82.9 cm³/mol. The quantitative estimate of drug-likeness (QED) is 0.886. The van der Waals surface area contributed by atoms with Gasteiger partial charge in [-0.25, -0.2) is 0 Å². The minimum Gasteiger partial charge on any atom is -0.486 e. The second kappa shape index (κ2) is 6.32. The van der Waals surface area contributed by atoms with Crippen LogP contribution in [0.25, 0.3) is 0 Å². The van der Waals surface area contributed by atoms with E-state index in [-0.39, 0.29) is 5.91 Å².